The van der Waals surface area contributed by atoms with Crippen LogP contribution in [-0.2, 0) is 20.1 Å². The van der Waals surface area contributed by atoms with Gasteiger partial charge in [0.25, 0.3) is 0 Å². The molecule has 4 aromatic heterocycles. The summed E-state index contributed by atoms with van der Waals surface area (Å²) in [5, 5.41) is 1.18. The maximum atomic E-state index is 4.68. The molecule has 0 aliphatic rings. The van der Waals surface area contributed by atoms with Crippen molar-refractivity contribution >= 4 is 49.3 Å². The molecule has 49 heavy (non-hydrogen) atoms. The topological polar surface area (TPSA) is 38.7 Å². The van der Waals surface area contributed by atoms with Crippen molar-refractivity contribution in [3.05, 3.63) is 158 Å². The summed E-state index contributed by atoms with van der Waals surface area (Å²) in [7, 11) is 0. The van der Waals surface area contributed by atoms with Gasteiger partial charge in [0.1, 0.15) is 0 Å². The summed E-state index contributed by atoms with van der Waals surface area (Å²) in [5.74, 6) is 7.14. The molecule has 1 radical (unpaired) electrons. The number of aromatic nitrogens is 3. The van der Waals surface area contributed by atoms with Crippen molar-refractivity contribution in [3.8, 4) is 44.8 Å². The zero-order valence-electron chi connectivity index (χ0n) is 27.9. The number of hydrogen-bond donors (Lipinski definition) is 0. The van der Waals surface area contributed by atoms with E-state index in [1.807, 2.05) is 42.7 Å². The van der Waals surface area contributed by atoms with Crippen molar-refractivity contribution in [2.45, 2.75) is 24.2 Å². The average molecular weight is 891 g/mol. The number of fused-ring (bicyclic) bond motifs is 3. The summed E-state index contributed by atoms with van der Waals surface area (Å²) in [5.41, 5.74) is 11.1. The summed E-state index contributed by atoms with van der Waals surface area (Å²) < 4.78 is 3.80. The first-order valence-electron chi connectivity index (χ1n) is 16.1. The van der Waals surface area contributed by atoms with Crippen LogP contribution >= 0.6 is 11.3 Å². The number of nitrogens with zero attached hydrogens (tertiary/aromatic N) is 3. The van der Waals surface area contributed by atoms with E-state index in [0.717, 1.165) is 38.3 Å². The first kappa shape index (κ1) is 34.6. The molecular formula is C43H35GeIrN3S-2. The molecule has 6 heteroatoms. The molecule has 0 aliphatic heterocycles. The zero-order chi connectivity index (χ0) is 33.1. The molecule has 0 saturated heterocycles. The van der Waals surface area contributed by atoms with Crippen molar-refractivity contribution in [1.82, 2.24) is 15.0 Å². The molecule has 0 spiro atoms. The van der Waals surface area contributed by atoms with E-state index in [0.29, 0.717) is 0 Å². The number of thiophene rings is 1. The van der Waals surface area contributed by atoms with Crippen molar-refractivity contribution in [2.24, 2.45) is 0 Å². The Balaban J connectivity index is 0.000000208. The third-order valence-corrected chi connectivity index (χ3v) is 13.8. The second kappa shape index (κ2) is 15.1. The third kappa shape index (κ3) is 7.82. The van der Waals surface area contributed by atoms with Crippen LogP contribution in [0.3, 0.4) is 0 Å². The monoisotopic (exact) mass is 892 g/mol. The Morgan fingerprint density at radius 2 is 1.37 bits per heavy atom. The van der Waals surface area contributed by atoms with Crippen LogP contribution in [0.25, 0.3) is 65.1 Å². The minimum absolute atomic E-state index is 0. The van der Waals surface area contributed by atoms with E-state index in [-0.39, 0.29) is 20.1 Å². The van der Waals surface area contributed by atoms with E-state index in [9.17, 15) is 0 Å². The quantitative estimate of drug-likeness (QED) is 0.128. The van der Waals surface area contributed by atoms with Crippen LogP contribution in [-0.4, -0.2) is 28.2 Å². The fourth-order valence-corrected chi connectivity index (χ4v) is 9.03. The Morgan fingerprint density at radius 1 is 0.633 bits per heavy atom. The minimum Gasteiger partial charge on any atom is 0 e. The first-order valence-corrected chi connectivity index (χ1v) is 24.2. The molecule has 8 aromatic rings. The minimum atomic E-state index is -1.72. The van der Waals surface area contributed by atoms with Crippen molar-refractivity contribution in [2.75, 3.05) is 0 Å². The van der Waals surface area contributed by atoms with E-state index in [1.165, 1.54) is 36.7 Å². The SMILES string of the molecule is Cc1ccc(-c2ccc3c(c2)sc2c(-c4cc(-c5ccccc5)ccn4)[c-]cnc23)cc1.[CH3][Ge]([CH3])([CH3])[c]1ccc(-c2[c-]cccc2)nc1.[Ir]. The molecule has 0 saturated carbocycles. The van der Waals surface area contributed by atoms with Gasteiger partial charge < -0.3 is 4.98 Å². The maximum Gasteiger partial charge on any atom is 0 e. The third-order valence-electron chi connectivity index (χ3n) is 8.42. The van der Waals surface area contributed by atoms with Gasteiger partial charge in [-0.2, -0.15) is 6.07 Å². The van der Waals surface area contributed by atoms with Crippen LogP contribution in [0.1, 0.15) is 5.56 Å². The Hall–Kier alpha value is -4.26. The van der Waals surface area contributed by atoms with Gasteiger partial charge in [0.2, 0.25) is 0 Å². The maximum absolute atomic E-state index is 4.68. The Morgan fingerprint density at radius 3 is 2.08 bits per heavy atom. The van der Waals surface area contributed by atoms with Crippen molar-refractivity contribution in [1.29, 1.82) is 0 Å². The Kier molecular flexibility index (Phi) is 10.7. The molecule has 243 valence electrons. The van der Waals surface area contributed by atoms with E-state index >= 15 is 0 Å². The van der Waals surface area contributed by atoms with Crippen LogP contribution < -0.4 is 4.40 Å². The van der Waals surface area contributed by atoms with Crippen LogP contribution in [0.4, 0.5) is 0 Å². The van der Waals surface area contributed by atoms with E-state index < -0.39 is 13.3 Å². The zero-order valence-corrected chi connectivity index (χ0v) is 33.2. The number of pyridine rings is 3. The predicted molar refractivity (Wildman–Crippen MR) is 206 cm³/mol. The fourth-order valence-electron chi connectivity index (χ4n) is 5.65. The second-order valence-electron chi connectivity index (χ2n) is 12.9. The van der Waals surface area contributed by atoms with Gasteiger partial charge in [0, 0.05) is 41.9 Å². The molecule has 4 aromatic carbocycles. The van der Waals surface area contributed by atoms with Gasteiger partial charge >= 0.3 is 99.8 Å². The fraction of sp³-hybridized carbons (Fsp3) is 0.0930. The van der Waals surface area contributed by atoms with Gasteiger partial charge in [0.05, 0.1) is 0 Å². The van der Waals surface area contributed by atoms with Gasteiger partial charge in [0.15, 0.2) is 0 Å². The summed E-state index contributed by atoms with van der Waals surface area (Å²) in [6.07, 6.45) is 5.69. The molecule has 0 fully saturated rings. The molecule has 0 N–H and O–H groups in total. The van der Waals surface area contributed by atoms with Crippen LogP contribution in [0.5, 0.6) is 0 Å². The molecule has 0 bridgehead atoms. The summed E-state index contributed by atoms with van der Waals surface area (Å²) >= 11 is 0.0471. The van der Waals surface area contributed by atoms with Crippen LogP contribution in [0.15, 0.2) is 140 Å². The largest absolute Gasteiger partial charge is 0 e. The number of aryl methyl sites for hydroxylation is 1. The van der Waals surface area contributed by atoms with Crippen LogP contribution in [0, 0.1) is 19.1 Å². The van der Waals surface area contributed by atoms with Gasteiger partial charge in [-0.05, 0) is 57.9 Å². The predicted octanol–water partition coefficient (Wildman–Crippen LogP) is 11.0. The molecule has 8 rings (SSSR count). The standard InChI is InChI=1S/C29H19N2S.C14H16GeN.Ir/c1-19-7-9-21(10-8-19)22-11-12-25-27(18-22)32-29-24(14-16-31-28(25)29)26-17-23(13-15-30-26)20-5-3-2-4-6-20;1-15(2,3)13-9-10-14(16-11-13)12-7-5-4-6-8-12;/h2-13,15-18H,1H3;4-7,9-11H,1-3H3;/q2*-1;. The molecule has 0 amide bonds. The molecular weight excluding hydrogens is 855 g/mol. The van der Waals surface area contributed by atoms with Gasteiger partial charge in [-0.3, -0.25) is 4.98 Å². The van der Waals surface area contributed by atoms with Gasteiger partial charge in [-0.25, -0.2) is 11.3 Å². The van der Waals surface area contributed by atoms with E-state index in [1.54, 1.807) is 17.5 Å². The average Bonchev–Trinajstić information content (AvgIpc) is 3.51. The van der Waals surface area contributed by atoms with Gasteiger partial charge in [-0.1, -0.05) is 78.4 Å². The molecule has 0 atom stereocenters. The molecule has 0 aliphatic carbocycles. The first-order chi connectivity index (χ1) is 23.3. The van der Waals surface area contributed by atoms with E-state index in [2.05, 4.69) is 142 Å². The van der Waals surface area contributed by atoms with Crippen molar-refractivity contribution in [3.63, 3.8) is 0 Å². The van der Waals surface area contributed by atoms with Crippen molar-refractivity contribution < 1.29 is 20.1 Å². The molecule has 4 heterocycles. The normalized spacial score (nSPS) is 11.1. The summed E-state index contributed by atoms with van der Waals surface area (Å²) in [6, 6.07) is 48.8. The number of rotatable bonds is 5. The number of hydrogen-bond acceptors (Lipinski definition) is 4. The summed E-state index contributed by atoms with van der Waals surface area (Å²) in [6.45, 7) is 2.11. The van der Waals surface area contributed by atoms with E-state index in [4.69, 9.17) is 0 Å². The molecule has 0 unspecified atom stereocenters. The Bertz CT molecular complexity index is 2310. The molecule has 3 nitrogen and oxygen atoms in total. The van der Waals surface area contributed by atoms with Crippen LogP contribution in [0.2, 0.25) is 17.3 Å². The number of benzene rings is 4. The Labute approximate surface area is 308 Å². The smallest absolute Gasteiger partial charge is 0 e. The summed E-state index contributed by atoms with van der Waals surface area (Å²) in [4.78, 5) is 13.9. The second-order valence-corrected chi connectivity index (χ2v) is 24.6. The van der Waals surface area contributed by atoms with Gasteiger partial charge in [-0.15, -0.1) is 5.56 Å².